The maximum Gasteiger partial charge on any atom is 0.345 e. The van der Waals surface area contributed by atoms with Crippen molar-refractivity contribution in [1.82, 2.24) is 9.21 Å². The highest BCUT2D eigenvalue weighted by atomic mass is 32.2. The minimum atomic E-state index is -3.96. The monoisotopic (exact) mass is 351 g/mol. The molecule has 3 heterocycles. The van der Waals surface area contributed by atoms with Gasteiger partial charge in [0.25, 0.3) is 5.91 Å². The summed E-state index contributed by atoms with van der Waals surface area (Å²) >= 11 is 0. The third-order valence-electron chi connectivity index (χ3n) is 4.59. The van der Waals surface area contributed by atoms with Crippen molar-refractivity contribution in [2.45, 2.75) is 45.2 Å². The number of likely N-dealkylation sites (tertiary alicyclic amines) is 1. The van der Waals surface area contributed by atoms with Crippen molar-refractivity contribution >= 4 is 21.8 Å². The fourth-order valence-corrected chi connectivity index (χ4v) is 4.14. The zero-order valence-electron chi connectivity index (χ0n) is 14.0. The number of piperidine rings is 1. The Kier molecular flexibility index (Phi) is 4.25. The molecule has 0 aliphatic carbocycles. The summed E-state index contributed by atoms with van der Waals surface area (Å²) in [6, 6.07) is 3.41. The smallest absolute Gasteiger partial charge is 0.345 e. The molecule has 2 aliphatic heterocycles. The zero-order chi connectivity index (χ0) is 17.5. The number of carbonyl (C=O) groups is 1. The SMILES string of the molecule is C[C@@H]1CCC[C@@H](C)N1C(=O)C1=CC(c2ccco2)=NS(=O)(=O)N1C. The standard InChI is InChI=1S/C16H21N3O4S/c1-11-6-4-7-12(2)19(11)16(20)14-10-13(15-8-5-9-23-15)17-24(21,22)18(14)3/h5,8-12H,4,6-7H2,1-3H3/t11-,12-/m1/s1. The molecule has 130 valence electrons. The average Bonchev–Trinajstić information content (AvgIpc) is 3.03. The van der Waals surface area contributed by atoms with Gasteiger partial charge in [-0.2, -0.15) is 8.42 Å². The number of allylic oxidation sites excluding steroid dienone is 1. The number of hydrogen-bond acceptors (Lipinski definition) is 4. The molecular formula is C16H21N3O4S. The van der Waals surface area contributed by atoms with Crippen LogP contribution in [0.1, 0.15) is 38.9 Å². The first kappa shape index (κ1) is 16.8. The Bertz CT molecular complexity index is 785. The molecule has 0 aromatic carbocycles. The predicted octanol–water partition coefficient (Wildman–Crippen LogP) is 1.93. The van der Waals surface area contributed by atoms with Crippen molar-refractivity contribution in [3.05, 3.63) is 35.9 Å². The zero-order valence-corrected chi connectivity index (χ0v) is 14.8. The second-order valence-corrected chi connectivity index (χ2v) is 7.90. The minimum Gasteiger partial charge on any atom is -0.463 e. The summed E-state index contributed by atoms with van der Waals surface area (Å²) in [5, 5.41) is 0. The number of likely N-dealkylation sites (N-methyl/N-ethyl adjacent to an activating group) is 1. The summed E-state index contributed by atoms with van der Waals surface area (Å²) in [5.74, 6) is 0.0245. The lowest BCUT2D eigenvalue weighted by atomic mass is 9.97. The Balaban J connectivity index is 2.01. The van der Waals surface area contributed by atoms with Crippen LogP contribution in [0, 0.1) is 0 Å². The van der Waals surface area contributed by atoms with E-state index in [0.717, 1.165) is 23.6 Å². The van der Waals surface area contributed by atoms with Crippen molar-refractivity contribution in [1.29, 1.82) is 0 Å². The second-order valence-electron chi connectivity index (χ2n) is 6.27. The van der Waals surface area contributed by atoms with E-state index in [4.69, 9.17) is 4.42 Å². The van der Waals surface area contributed by atoms with Crippen LogP contribution in [0.15, 0.2) is 39.0 Å². The van der Waals surface area contributed by atoms with Gasteiger partial charge < -0.3 is 9.32 Å². The third kappa shape index (κ3) is 2.86. The summed E-state index contributed by atoms with van der Waals surface area (Å²) in [6.07, 6.45) is 5.82. The van der Waals surface area contributed by atoms with Crippen LogP contribution in [0.4, 0.5) is 0 Å². The molecule has 1 saturated heterocycles. The van der Waals surface area contributed by atoms with E-state index in [1.54, 1.807) is 17.0 Å². The number of rotatable bonds is 2. The number of carbonyl (C=O) groups excluding carboxylic acids is 1. The van der Waals surface area contributed by atoms with Crippen LogP contribution < -0.4 is 0 Å². The van der Waals surface area contributed by atoms with Crippen LogP contribution in [0.5, 0.6) is 0 Å². The van der Waals surface area contributed by atoms with E-state index in [1.165, 1.54) is 19.4 Å². The second kappa shape index (κ2) is 6.08. The lowest BCUT2D eigenvalue weighted by Gasteiger charge is -2.40. The molecule has 24 heavy (non-hydrogen) atoms. The molecule has 2 atom stereocenters. The predicted molar refractivity (Wildman–Crippen MR) is 89.6 cm³/mol. The topological polar surface area (TPSA) is 83.2 Å². The van der Waals surface area contributed by atoms with E-state index in [9.17, 15) is 13.2 Å². The molecule has 7 nitrogen and oxygen atoms in total. The molecule has 1 aromatic rings. The maximum absolute atomic E-state index is 13.1. The molecule has 1 aromatic heterocycles. The molecule has 2 aliphatic rings. The van der Waals surface area contributed by atoms with Crippen LogP contribution in [-0.4, -0.2) is 48.4 Å². The first-order valence-corrected chi connectivity index (χ1v) is 9.38. The number of hydrogen-bond donors (Lipinski definition) is 0. The Morgan fingerprint density at radius 2 is 1.96 bits per heavy atom. The van der Waals surface area contributed by atoms with Gasteiger partial charge in [-0.05, 0) is 51.3 Å². The molecule has 1 amide bonds. The Morgan fingerprint density at radius 3 is 2.54 bits per heavy atom. The lowest BCUT2D eigenvalue weighted by Crippen LogP contribution is -2.50. The van der Waals surface area contributed by atoms with Gasteiger partial charge in [0, 0.05) is 19.1 Å². The Labute approximate surface area is 141 Å². The van der Waals surface area contributed by atoms with Crippen LogP contribution in [-0.2, 0) is 15.0 Å². The van der Waals surface area contributed by atoms with E-state index in [1.807, 2.05) is 13.8 Å². The number of amides is 1. The van der Waals surface area contributed by atoms with E-state index >= 15 is 0 Å². The van der Waals surface area contributed by atoms with Gasteiger partial charge in [0.1, 0.15) is 11.4 Å². The summed E-state index contributed by atoms with van der Waals surface area (Å²) in [7, 11) is -2.61. The molecule has 0 saturated carbocycles. The van der Waals surface area contributed by atoms with E-state index in [0.29, 0.717) is 5.76 Å². The van der Waals surface area contributed by atoms with E-state index in [-0.39, 0.29) is 29.4 Å². The van der Waals surface area contributed by atoms with Gasteiger partial charge in [-0.1, -0.05) is 0 Å². The van der Waals surface area contributed by atoms with E-state index < -0.39 is 10.2 Å². The van der Waals surface area contributed by atoms with Gasteiger partial charge in [0.2, 0.25) is 0 Å². The average molecular weight is 351 g/mol. The highest BCUT2D eigenvalue weighted by Crippen LogP contribution is 2.27. The van der Waals surface area contributed by atoms with Gasteiger partial charge in [-0.15, -0.1) is 4.40 Å². The van der Waals surface area contributed by atoms with Crippen LogP contribution in [0.3, 0.4) is 0 Å². The highest BCUT2D eigenvalue weighted by molar-refractivity contribution is 7.88. The Hall–Kier alpha value is -2.09. The number of nitrogens with zero attached hydrogens (tertiary/aromatic N) is 3. The lowest BCUT2D eigenvalue weighted by molar-refractivity contribution is -0.134. The quantitative estimate of drug-likeness (QED) is 0.815. The molecule has 0 spiro atoms. The van der Waals surface area contributed by atoms with Crippen molar-refractivity contribution in [2.24, 2.45) is 4.40 Å². The van der Waals surface area contributed by atoms with Crippen molar-refractivity contribution in [2.75, 3.05) is 7.05 Å². The maximum atomic E-state index is 13.1. The molecular weight excluding hydrogens is 330 g/mol. The van der Waals surface area contributed by atoms with Crippen LogP contribution in [0.25, 0.3) is 0 Å². The first-order valence-electron chi connectivity index (χ1n) is 7.98. The van der Waals surface area contributed by atoms with Gasteiger partial charge in [-0.3, -0.25) is 4.79 Å². The summed E-state index contributed by atoms with van der Waals surface area (Å²) in [5.41, 5.74) is 0.232. The van der Waals surface area contributed by atoms with Crippen LogP contribution >= 0.6 is 0 Å². The summed E-state index contributed by atoms with van der Waals surface area (Å²) in [4.78, 5) is 14.8. The van der Waals surface area contributed by atoms with Gasteiger partial charge in [0.15, 0.2) is 5.76 Å². The van der Waals surface area contributed by atoms with Crippen molar-refractivity contribution in [3.63, 3.8) is 0 Å². The van der Waals surface area contributed by atoms with Crippen molar-refractivity contribution in [3.8, 4) is 0 Å². The summed E-state index contributed by atoms with van der Waals surface area (Å²) < 4.78 is 34.6. The molecule has 0 bridgehead atoms. The van der Waals surface area contributed by atoms with Gasteiger partial charge in [0.05, 0.1) is 6.26 Å². The first-order chi connectivity index (χ1) is 11.3. The molecule has 8 heteroatoms. The van der Waals surface area contributed by atoms with Gasteiger partial charge in [-0.25, -0.2) is 4.31 Å². The summed E-state index contributed by atoms with van der Waals surface area (Å²) in [6.45, 7) is 3.99. The Morgan fingerprint density at radius 1 is 1.29 bits per heavy atom. The van der Waals surface area contributed by atoms with Crippen molar-refractivity contribution < 1.29 is 17.6 Å². The fourth-order valence-electron chi connectivity index (χ4n) is 3.25. The fraction of sp³-hybridized carbons (Fsp3) is 0.500. The normalized spacial score (nSPS) is 26.8. The molecule has 3 rings (SSSR count). The van der Waals surface area contributed by atoms with E-state index in [2.05, 4.69) is 4.40 Å². The molecule has 0 radical (unpaired) electrons. The molecule has 0 unspecified atom stereocenters. The van der Waals surface area contributed by atoms with Gasteiger partial charge >= 0.3 is 10.2 Å². The molecule has 0 N–H and O–H groups in total. The molecule has 1 fully saturated rings. The highest BCUT2D eigenvalue weighted by Gasteiger charge is 2.37. The van der Waals surface area contributed by atoms with Crippen LogP contribution in [0.2, 0.25) is 0 Å². The minimum absolute atomic E-state index is 0.0733. The number of furan rings is 1. The third-order valence-corrected chi connectivity index (χ3v) is 5.91. The largest absolute Gasteiger partial charge is 0.463 e.